The van der Waals surface area contributed by atoms with E-state index in [-0.39, 0.29) is 31.1 Å². The molecule has 354 valence electrons. The number of carbonyl (C=O) groups excluding carboxylic acids is 3. The van der Waals surface area contributed by atoms with Crippen molar-refractivity contribution in [2.45, 2.75) is 303 Å². The first-order chi connectivity index (χ1) is 29.5. The Morgan fingerprint density at radius 1 is 0.317 bits per heavy atom. The first-order valence-electron chi connectivity index (χ1n) is 26.7. The van der Waals surface area contributed by atoms with Gasteiger partial charge < -0.3 is 14.2 Å². The number of hydrogen-bond acceptors (Lipinski definition) is 6. The molecule has 0 N–H and O–H groups in total. The highest BCUT2D eigenvalue weighted by Crippen LogP contribution is 2.16. The highest BCUT2D eigenvalue weighted by Gasteiger charge is 2.19. The van der Waals surface area contributed by atoms with Gasteiger partial charge in [0, 0.05) is 19.3 Å². The van der Waals surface area contributed by atoms with Gasteiger partial charge in [0.2, 0.25) is 0 Å². The van der Waals surface area contributed by atoms with Gasteiger partial charge in [0.15, 0.2) is 6.10 Å². The van der Waals surface area contributed by atoms with E-state index in [0.717, 1.165) is 64.2 Å². The summed E-state index contributed by atoms with van der Waals surface area (Å²) in [4.78, 5) is 37.5. The molecule has 0 aromatic rings. The van der Waals surface area contributed by atoms with E-state index in [4.69, 9.17) is 14.2 Å². The maximum atomic E-state index is 12.6. The Hall–Kier alpha value is -1.85. The average Bonchev–Trinajstić information content (AvgIpc) is 3.24. The van der Waals surface area contributed by atoms with E-state index in [1.165, 1.54) is 193 Å². The molecule has 1 unspecified atom stereocenters. The number of ether oxygens (including phenoxy) is 3. The van der Waals surface area contributed by atoms with Crippen molar-refractivity contribution in [1.82, 2.24) is 0 Å². The van der Waals surface area contributed by atoms with Gasteiger partial charge in [0.1, 0.15) is 13.2 Å². The average molecular weight is 847 g/mol. The fourth-order valence-electron chi connectivity index (χ4n) is 7.97. The smallest absolute Gasteiger partial charge is 0.306 e. The van der Waals surface area contributed by atoms with Crippen LogP contribution in [-0.4, -0.2) is 37.2 Å². The summed E-state index contributed by atoms with van der Waals surface area (Å²) in [5.41, 5.74) is 0. The van der Waals surface area contributed by atoms with Crippen LogP contribution >= 0.6 is 0 Å². The third-order valence-electron chi connectivity index (χ3n) is 12.0. The van der Waals surface area contributed by atoms with Gasteiger partial charge in [-0.25, -0.2) is 0 Å². The van der Waals surface area contributed by atoms with Crippen LogP contribution in [0.3, 0.4) is 0 Å². The van der Waals surface area contributed by atoms with Crippen LogP contribution in [0.15, 0.2) is 12.2 Å². The summed E-state index contributed by atoms with van der Waals surface area (Å²) in [6.07, 6.45) is 55.5. The van der Waals surface area contributed by atoms with Crippen LogP contribution in [0.5, 0.6) is 0 Å². The zero-order valence-electron chi connectivity index (χ0n) is 40.5. The Bertz CT molecular complexity index is 931. The lowest BCUT2D eigenvalue weighted by molar-refractivity contribution is -0.167. The molecule has 0 saturated heterocycles. The van der Waals surface area contributed by atoms with E-state index in [1.807, 2.05) is 0 Å². The van der Waals surface area contributed by atoms with Crippen molar-refractivity contribution >= 4 is 17.9 Å². The lowest BCUT2D eigenvalue weighted by atomic mass is 10.0. The molecule has 6 nitrogen and oxygen atoms in total. The van der Waals surface area contributed by atoms with Crippen molar-refractivity contribution in [3.05, 3.63) is 12.2 Å². The number of carbonyl (C=O) groups is 3. The van der Waals surface area contributed by atoms with Gasteiger partial charge in [-0.2, -0.15) is 0 Å². The van der Waals surface area contributed by atoms with Gasteiger partial charge in [0.05, 0.1) is 0 Å². The predicted octanol–water partition coefficient (Wildman–Crippen LogP) is 17.4. The molecule has 1 atom stereocenters. The van der Waals surface area contributed by atoms with Crippen LogP contribution in [-0.2, 0) is 28.6 Å². The number of unbranched alkanes of at least 4 members (excludes halogenated alkanes) is 36. The number of hydrogen-bond donors (Lipinski definition) is 0. The van der Waals surface area contributed by atoms with Crippen molar-refractivity contribution in [3.8, 4) is 0 Å². The predicted molar refractivity (Wildman–Crippen MR) is 256 cm³/mol. The summed E-state index contributed by atoms with van der Waals surface area (Å²) in [7, 11) is 0. The van der Waals surface area contributed by atoms with E-state index in [1.54, 1.807) is 0 Å². The Morgan fingerprint density at radius 3 is 0.833 bits per heavy atom. The largest absolute Gasteiger partial charge is 0.462 e. The van der Waals surface area contributed by atoms with Crippen LogP contribution in [0.1, 0.15) is 297 Å². The zero-order chi connectivity index (χ0) is 43.7. The minimum absolute atomic E-state index is 0.0658. The van der Waals surface area contributed by atoms with Crippen LogP contribution in [0.4, 0.5) is 0 Å². The minimum atomic E-state index is -0.759. The second-order valence-corrected chi connectivity index (χ2v) is 18.2. The molecule has 0 aliphatic carbocycles. The molecule has 0 aromatic heterocycles. The Kier molecular flexibility index (Phi) is 48.3. The second kappa shape index (κ2) is 49.8. The highest BCUT2D eigenvalue weighted by molar-refractivity contribution is 5.71. The highest BCUT2D eigenvalue weighted by atomic mass is 16.6. The fraction of sp³-hybridized carbons (Fsp3) is 0.907. The standard InChI is InChI=1S/C54H102O6/c1-4-7-10-13-15-17-19-20-21-22-23-24-25-26-27-28-29-30-31-32-33-34-35-37-38-41-44-47-53(56)59-50-51(49-58-52(55)46-43-40-12-9-6-3)60-54(57)48-45-42-39-36-18-16-14-11-8-5-2/h22-23,51H,4-21,24-50H2,1-3H3/b23-22-. The van der Waals surface area contributed by atoms with Crippen molar-refractivity contribution in [1.29, 1.82) is 0 Å². The van der Waals surface area contributed by atoms with Crippen molar-refractivity contribution < 1.29 is 28.6 Å². The van der Waals surface area contributed by atoms with Crippen molar-refractivity contribution in [3.63, 3.8) is 0 Å². The summed E-state index contributed by atoms with van der Waals surface area (Å²) >= 11 is 0. The summed E-state index contributed by atoms with van der Waals surface area (Å²) in [5.74, 6) is -0.868. The van der Waals surface area contributed by atoms with Gasteiger partial charge in [-0.1, -0.05) is 245 Å². The SMILES string of the molecule is CCCCCCCCCC/C=C\CCCCCCCCCCCCCCCCCC(=O)OCC(COC(=O)CCCCCCC)OC(=O)CCCCCCCCCCCC. The summed E-state index contributed by atoms with van der Waals surface area (Å²) < 4.78 is 16.6. The quantitative estimate of drug-likeness (QED) is 0.0263. The molecule has 0 aliphatic rings. The number of rotatable bonds is 49. The first kappa shape index (κ1) is 58.1. The summed E-state index contributed by atoms with van der Waals surface area (Å²) in [6, 6.07) is 0. The summed E-state index contributed by atoms with van der Waals surface area (Å²) in [6.45, 7) is 6.57. The maximum Gasteiger partial charge on any atom is 0.306 e. The van der Waals surface area contributed by atoms with Crippen LogP contribution in [0.25, 0.3) is 0 Å². The second-order valence-electron chi connectivity index (χ2n) is 18.2. The van der Waals surface area contributed by atoms with E-state index in [0.29, 0.717) is 19.3 Å². The van der Waals surface area contributed by atoms with Crippen LogP contribution in [0, 0.1) is 0 Å². The van der Waals surface area contributed by atoms with E-state index < -0.39 is 6.10 Å². The van der Waals surface area contributed by atoms with Gasteiger partial charge >= 0.3 is 17.9 Å². The van der Waals surface area contributed by atoms with Gasteiger partial charge in [-0.15, -0.1) is 0 Å². The number of esters is 3. The van der Waals surface area contributed by atoms with Gasteiger partial charge in [-0.3, -0.25) is 14.4 Å². The molecule has 6 heteroatoms. The molecule has 0 aliphatic heterocycles. The van der Waals surface area contributed by atoms with Crippen LogP contribution in [0.2, 0.25) is 0 Å². The summed E-state index contributed by atoms with van der Waals surface area (Å²) in [5, 5.41) is 0. The molecule has 0 spiro atoms. The van der Waals surface area contributed by atoms with Crippen molar-refractivity contribution in [2.24, 2.45) is 0 Å². The lowest BCUT2D eigenvalue weighted by Gasteiger charge is -2.18. The van der Waals surface area contributed by atoms with Gasteiger partial charge in [0.25, 0.3) is 0 Å². The first-order valence-corrected chi connectivity index (χ1v) is 26.7. The Morgan fingerprint density at radius 2 is 0.550 bits per heavy atom. The molecule has 0 radical (unpaired) electrons. The molecule has 0 saturated carbocycles. The Balaban J connectivity index is 3.91. The van der Waals surface area contributed by atoms with Crippen LogP contribution < -0.4 is 0 Å². The topological polar surface area (TPSA) is 78.9 Å². The lowest BCUT2D eigenvalue weighted by Crippen LogP contribution is -2.30. The molecule has 0 heterocycles. The molecular weight excluding hydrogens is 745 g/mol. The van der Waals surface area contributed by atoms with Gasteiger partial charge in [-0.05, 0) is 44.9 Å². The molecule has 0 fully saturated rings. The maximum absolute atomic E-state index is 12.6. The molecule has 0 aromatic carbocycles. The fourth-order valence-corrected chi connectivity index (χ4v) is 7.97. The van der Waals surface area contributed by atoms with E-state index in [2.05, 4.69) is 32.9 Å². The van der Waals surface area contributed by atoms with E-state index >= 15 is 0 Å². The molecular formula is C54H102O6. The molecule has 0 amide bonds. The third kappa shape index (κ3) is 47.2. The molecule has 60 heavy (non-hydrogen) atoms. The zero-order valence-corrected chi connectivity index (χ0v) is 40.5. The minimum Gasteiger partial charge on any atom is -0.462 e. The monoisotopic (exact) mass is 847 g/mol. The number of allylic oxidation sites excluding steroid dienone is 2. The molecule has 0 rings (SSSR count). The normalized spacial score (nSPS) is 12.0. The Labute approximate surface area is 373 Å². The molecule has 0 bridgehead atoms. The van der Waals surface area contributed by atoms with E-state index in [9.17, 15) is 14.4 Å². The third-order valence-corrected chi connectivity index (χ3v) is 12.0. The van der Waals surface area contributed by atoms with Crippen molar-refractivity contribution in [2.75, 3.05) is 13.2 Å².